The van der Waals surface area contributed by atoms with E-state index in [1.54, 1.807) is 0 Å². The van der Waals surface area contributed by atoms with Gasteiger partial charge in [-0.1, -0.05) is 0 Å². The second-order valence-corrected chi connectivity index (χ2v) is 10.7. The van der Waals surface area contributed by atoms with Gasteiger partial charge in [-0.2, -0.15) is 25.3 Å². The molecule has 0 aromatic carbocycles. The third-order valence-corrected chi connectivity index (χ3v) is 7.17. The van der Waals surface area contributed by atoms with Gasteiger partial charge in [0.05, 0.1) is 0 Å². The first-order valence-corrected chi connectivity index (χ1v) is 11.3. The van der Waals surface area contributed by atoms with Gasteiger partial charge in [0.2, 0.25) is 0 Å². The predicted molar refractivity (Wildman–Crippen MR) is 71.2 cm³/mol. The zero-order chi connectivity index (χ0) is 15.3. The van der Waals surface area contributed by atoms with E-state index < -0.39 is 58.5 Å². The van der Waals surface area contributed by atoms with Gasteiger partial charge >= 0.3 is 0 Å². The largest absolute Gasteiger partial charge is 0.285 e. The molecule has 9 nitrogen and oxygen atoms in total. The highest BCUT2D eigenvalue weighted by atomic mass is 32.2. The summed E-state index contributed by atoms with van der Waals surface area (Å²) in [6.07, 6.45) is 0. The normalized spacial score (nSPS) is 13.9. The average Bonchev–Trinajstić information content (AvgIpc) is 2.11. The lowest BCUT2D eigenvalue weighted by molar-refractivity contribution is 0.483. The van der Waals surface area contributed by atoms with E-state index in [1.165, 1.54) is 0 Å². The molecule has 0 fully saturated rings. The fourth-order valence-corrected chi connectivity index (χ4v) is 6.94. The molecule has 116 valence electrons. The molecule has 19 heavy (non-hydrogen) atoms. The second-order valence-electron chi connectivity index (χ2n) is 3.58. The number of rotatable bonds is 9. The van der Waals surface area contributed by atoms with Crippen LogP contribution in [0.4, 0.5) is 0 Å². The van der Waals surface area contributed by atoms with Crippen molar-refractivity contribution in [3.63, 3.8) is 0 Å². The predicted octanol–water partition coefficient (Wildman–Crippen LogP) is -1.73. The van der Waals surface area contributed by atoms with E-state index >= 15 is 0 Å². The fraction of sp³-hybridized carbons (Fsp3) is 1.00. The second kappa shape index (κ2) is 7.19. The van der Waals surface area contributed by atoms with Crippen LogP contribution in [-0.2, 0) is 41.2 Å². The summed E-state index contributed by atoms with van der Waals surface area (Å²) in [5.74, 6) is -2.38. The standard InChI is InChI=1S/C6H14O9S4/c7-17(8,9)4-1-16(2-5-18(10,11)12)3-6-19(13,14)15/h1-6H2,(H2-,7,8,9,10,11,12,13,14,15)/p+1. The molecule has 0 aromatic heterocycles. The van der Waals surface area contributed by atoms with Gasteiger partial charge in [0.1, 0.15) is 34.5 Å². The molecule has 0 rings (SSSR count). The van der Waals surface area contributed by atoms with Gasteiger partial charge in [0.25, 0.3) is 30.4 Å². The van der Waals surface area contributed by atoms with Gasteiger partial charge in [-0.25, -0.2) is 0 Å². The van der Waals surface area contributed by atoms with E-state index in [4.69, 9.17) is 13.7 Å². The Kier molecular flexibility index (Phi) is 7.22. The van der Waals surface area contributed by atoms with E-state index in [2.05, 4.69) is 0 Å². The van der Waals surface area contributed by atoms with Crippen molar-refractivity contribution in [3.8, 4) is 0 Å². The summed E-state index contributed by atoms with van der Waals surface area (Å²) < 4.78 is 89.1. The van der Waals surface area contributed by atoms with Crippen molar-refractivity contribution in [2.24, 2.45) is 0 Å². The van der Waals surface area contributed by atoms with Gasteiger partial charge in [-0.3, -0.25) is 13.7 Å². The molecule has 0 aliphatic rings. The maximum absolute atomic E-state index is 10.6. The van der Waals surface area contributed by atoms with Crippen LogP contribution >= 0.6 is 0 Å². The molecule has 0 radical (unpaired) electrons. The Morgan fingerprint density at radius 3 is 0.947 bits per heavy atom. The zero-order valence-electron chi connectivity index (χ0n) is 9.67. The van der Waals surface area contributed by atoms with Gasteiger partial charge in [0, 0.05) is 0 Å². The van der Waals surface area contributed by atoms with Gasteiger partial charge in [0.15, 0.2) is 0 Å². The summed E-state index contributed by atoms with van der Waals surface area (Å²) in [6.45, 7) is 0. The Morgan fingerprint density at radius 1 is 0.579 bits per heavy atom. The summed E-state index contributed by atoms with van der Waals surface area (Å²) in [7, 11) is -13.7. The Labute approximate surface area is 115 Å². The van der Waals surface area contributed by atoms with E-state index in [0.717, 1.165) is 0 Å². The Balaban J connectivity index is 4.55. The maximum atomic E-state index is 10.6. The molecule has 0 amide bonds. The van der Waals surface area contributed by atoms with Gasteiger partial charge < -0.3 is 0 Å². The molecule has 0 bridgehead atoms. The lowest BCUT2D eigenvalue weighted by Crippen LogP contribution is -2.29. The van der Waals surface area contributed by atoms with Crippen molar-refractivity contribution in [3.05, 3.63) is 0 Å². The fourth-order valence-electron chi connectivity index (χ4n) is 0.976. The molecule has 0 aliphatic carbocycles. The lowest BCUT2D eigenvalue weighted by Gasteiger charge is -2.06. The van der Waals surface area contributed by atoms with Crippen LogP contribution in [0.2, 0.25) is 0 Å². The number of hydrogen-bond acceptors (Lipinski definition) is 6. The van der Waals surface area contributed by atoms with Crippen molar-refractivity contribution < 1.29 is 38.9 Å². The minimum absolute atomic E-state index is 0.149. The maximum Gasteiger partial charge on any atom is 0.269 e. The molecule has 0 unspecified atom stereocenters. The molecule has 0 saturated carbocycles. The third kappa shape index (κ3) is 14.3. The molecule has 3 N–H and O–H groups in total. The molecule has 0 atom stereocenters. The molecule has 0 spiro atoms. The molecular weight excluding hydrogens is 344 g/mol. The van der Waals surface area contributed by atoms with Crippen LogP contribution in [0.15, 0.2) is 0 Å². The summed E-state index contributed by atoms with van der Waals surface area (Å²) in [4.78, 5) is 0. The zero-order valence-corrected chi connectivity index (χ0v) is 12.9. The van der Waals surface area contributed by atoms with Crippen molar-refractivity contribution in [1.29, 1.82) is 0 Å². The SMILES string of the molecule is O=S(=O)(O)CC[S+](CCS(=O)(=O)O)CCS(=O)(=O)O. The van der Waals surface area contributed by atoms with Crippen LogP contribution in [0, 0.1) is 0 Å². The van der Waals surface area contributed by atoms with Crippen molar-refractivity contribution >= 4 is 41.2 Å². The first-order valence-electron chi connectivity index (χ1n) is 4.78. The van der Waals surface area contributed by atoms with Crippen molar-refractivity contribution in [2.45, 2.75) is 0 Å². The minimum Gasteiger partial charge on any atom is -0.285 e. The third-order valence-electron chi connectivity index (χ3n) is 1.89. The van der Waals surface area contributed by atoms with E-state index in [1.807, 2.05) is 0 Å². The Hall–Kier alpha value is 0.0800. The average molecular weight is 359 g/mol. The highest BCUT2D eigenvalue weighted by molar-refractivity contribution is 7.99. The molecule has 13 heteroatoms. The first kappa shape index (κ1) is 19.1. The summed E-state index contributed by atoms with van der Waals surface area (Å²) in [6, 6.07) is 0. The van der Waals surface area contributed by atoms with E-state index in [-0.39, 0.29) is 17.3 Å². The van der Waals surface area contributed by atoms with E-state index in [0.29, 0.717) is 0 Å². The molecule has 0 heterocycles. The Bertz CT molecular complexity index is 487. The first-order chi connectivity index (χ1) is 8.29. The molecule has 0 saturated heterocycles. The summed E-state index contributed by atoms with van der Waals surface area (Å²) >= 11 is 0. The van der Waals surface area contributed by atoms with Crippen LogP contribution in [0.5, 0.6) is 0 Å². The van der Waals surface area contributed by atoms with Crippen molar-refractivity contribution in [2.75, 3.05) is 34.5 Å². The lowest BCUT2D eigenvalue weighted by atomic mass is 10.9. The topological polar surface area (TPSA) is 163 Å². The van der Waals surface area contributed by atoms with Crippen LogP contribution in [0.3, 0.4) is 0 Å². The highest BCUT2D eigenvalue weighted by Gasteiger charge is 2.25. The summed E-state index contributed by atoms with van der Waals surface area (Å²) in [5.41, 5.74) is 0. The molecule has 0 aromatic rings. The monoisotopic (exact) mass is 359 g/mol. The van der Waals surface area contributed by atoms with E-state index in [9.17, 15) is 25.3 Å². The van der Waals surface area contributed by atoms with Crippen LogP contribution < -0.4 is 0 Å². The quantitative estimate of drug-likeness (QED) is 0.320. The van der Waals surface area contributed by atoms with Crippen LogP contribution in [0.25, 0.3) is 0 Å². The highest BCUT2D eigenvalue weighted by Crippen LogP contribution is 2.03. The van der Waals surface area contributed by atoms with Gasteiger partial charge in [-0.15, -0.1) is 0 Å². The molecule has 0 aliphatic heterocycles. The summed E-state index contributed by atoms with van der Waals surface area (Å²) in [5, 5.41) is 0. The number of hydrogen-bond donors (Lipinski definition) is 3. The smallest absolute Gasteiger partial charge is 0.269 e. The van der Waals surface area contributed by atoms with Gasteiger partial charge in [-0.05, 0) is 10.9 Å². The van der Waals surface area contributed by atoms with Crippen molar-refractivity contribution in [1.82, 2.24) is 0 Å². The Morgan fingerprint density at radius 2 is 0.789 bits per heavy atom. The minimum atomic E-state index is -4.24. The molecular formula is C6H15O9S4+. The van der Waals surface area contributed by atoms with Crippen LogP contribution in [0.1, 0.15) is 0 Å². The van der Waals surface area contributed by atoms with Crippen LogP contribution in [-0.4, -0.2) is 73.4 Å².